The summed E-state index contributed by atoms with van der Waals surface area (Å²) in [6.45, 7) is 2.60. The lowest BCUT2D eigenvalue weighted by Crippen LogP contribution is -2.25. The van der Waals surface area contributed by atoms with Crippen molar-refractivity contribution in [2.24, 2.45) is 5.92 Å². The maximum atomic E-state index is 11.7. The van der Waals surface area contributed by atoms with Crippen LogP contribution in [0.1, 0.15) is 28.9 Å². The molecule has 0 unspecified atom stereocenters. The lowest BCUT2D eigenvalue weighted by atomic mass is 10.2. The minimum Gasteiger partial charge on any atom is -0.352 e. The van der Waals surface area contributed by atoms with Crippen molar-refractivity contribution in [2.75, 3.05) is 6.54 Å². The van der Waals surface area contributed by atoms with Crippen LogP contribution < -0.4 is 5.32 Å². The number of aryl methyl sites for hydroxylation is 1. The van der Waals surface area contributed by atoms with Crippen molar-refractivity contribution < 1.29 is 4.79 Å². The smallest absolute Gasteiger partial charge is 0.254 e. The van der Waals surface area contributed by atoms with Crippen LogP contribution in [0.5, 0.6) is 0 Å². The molecule has 80 valence electrons. The molecular formula is C11H13ClN2O. The van der Waals surface area contributed by atoms with Crippen molar-refractivity contribution in [1.29, 1.82) is 0 Å². The van der Waals surface area contributed by atoms with Gasteiger partial charge >= 0.3 is 0 Å². The number of aromatic nitrogens is 1. The molecule has 0 atom stereocenters. The third kappa shape index (κ3) is 2.69. The summed E-state index contributed by atoms with van der Waals surface area (Å²) in [6.07, 6.45) is 3.97. The number of amides is 1. The first-order valence-electron chi connectivity index (χ1n) is 5.07. The molecule has 1 amide bonds. The number of nitrogens with one attached hydrogen (secondary N) is 1. The molecule has 0 saturated heterocycles. The Morgan fingerprint density at radius 1 is 1.67 bits per heavy atom. The van der Waals surface area contributed by atoms with E-state index in [1.165, 1.54) is 19.0 Å². The third-order valence-corrected chi connectivity index (χ3v) is 2.80. The van der Waals surface area contributed by atoms with E-state index in [-0.39, 0.29) is 5.91 Å². The molecule has 1 aromatic rings. The van der Waals surface area contributed by atoms with Crippen LogP contribution in [-0.2, 0) is 0 Å². The van der Waals surface area contributed by atoms with E-state index in [0.717, 1.165) is 12.2 Å². The Labute approximate surface area is 93.8 Å². The zero-order valence-electron chi connectivity index (χ0n) is 8.59. The molecule has 0 aliphatic heterocycles. The molecule has 1 heterocycles. The van der Waals surface area contributed by atoms with Crippen molar-refractivity contribution in [3.05, 3.63) is 28.5 Å². The molecule has 1 N–H and O–H groups in total. The SMILES string of the molecule is Cc1cc(Cl)c(C(=O)NCC2CC2)cn1. The highest BCUT2D eigenvalue weighted by Gasteiger charge is 2.22. The molecule has 4 heteroatoms. The van der Waals surface area contributed by atoms with Crippen LogP contribution >= 0.6 is 11.6 Å². The Morgan fingerprint density at radius 3 is 3.00 bits per heavy atom. The van der Waals surface area contributed by atoms with E-state index in [0.29, 0.717) is 16.5 Å². The topological polar surface area (TPSA) is 42.0 Å². The molecule has 15 heavy (non-hydrogen) atoms. The van der Waals surface area contributed by atoms with Crippen LogP contribution in [0.3, 0.4) is 0 Å². The Morgan fingerprint density at radius 2 is 2.40 bits per heavy atom. The van der Waals surface area contributed by atoms with Crippen LogP contribution in [0.4, 0.5) is 0 Å². The monoisotopic (exact) mass is 224 g/mol. The molecule has 0 radical (unpaired) electrons. The van der Waals surface area contributed by atoms with Crippen molar-refractivity contribution >= 4 is 17.5 Å². The fraction of sp³-hybridized carbons (Fsp3) is 0.455. The Bertz CT molecular complexity index is 388. The van der Waals surface area contributed by atoms with Gasteiger partial charge < -0.3 is 5.32 Å². The van der Waals surface area contributed by atoms with Crippen LogP contribution in [0, 0.1) is 12.8 Å². The highest BCUT2D eigenvalue weighted by atomic mass is 35.5. The van der Waals surface area contributed by atoms with Gasteiger partial charge in [0.1, 0.15) is 0 Å². The van der Waals surface area contributed by atoms with Gasteiger partial charge in [-0.25, -0.2) is 0 Å². The first kappa shape index (κ1) is 10.4. The lowest BCUT2D eigenvalue weighted by molar-refractivity contribution is 0.0951. The van der Waals surface area contributed by atoms with Crippen LogP contribution in [0.2, 0.25) is 5.02 Å². The number of carbonyl (C=O) groups is 1. The van der Waals surface area contributed by atoms with Crippen LogP contribution in [0.25, 0.3) is 0 Å². The van der Waals surface area contributed by atoms with Crippen LogP contribution in [-0.4, -0.2) is 17.4 Å². The van der Waals surface area contributed by atoms with E-state index in [2.05, 4.69) is 10.3 Å². The highest BCUT2D eigenvalue weighted by Crippen LogP contribution is 2.27. The summed E-state index contributed by atoms with van der Waals surface area (Å²) in [7, 11) is 0. The summed E-state index contributed by atoms with van der Waals surface area (Å²) in [5, 5.41) is 3.33. The molecule has 0 bridgehead atoms. The quantitative estimate of drug-likeness (QED) is 0.855. The maximum Gasteiger partial charge on any atom is 0.254 e. The van der Waals surface area contributed by atoms with E-state index >= 15 is 0 Å². The zero-order chi connectivity index (χ0) is 10.8. The number of halogens is 1. The van der Waals surface area contributed by atoms with Crippen molar-refractivity contribution in [1.82, 2.24) is 10.3 Å². The van der Waals surface area contributed by atoms with Gasteiger partial charge in [-0.3, -0.25) is 9.78 Å². The Balaban J connectivity index is 2.03. The van der Waals surface area contributed by atoms with Crippen molar-refractivity contribution in [2.45, 2.75) is 19.8 Å². The second kappa shape index (κ2) is 4.19. The molecule has 1 aliphatic rings. The van der Waals surface area contributed by atoms with Gasteiger partial charge in [0.25, 0.3) is 5.91 Å². The second-order valence-electron chi connectivity index (χ2n) is 3.96. The average molecular weight is 225 g/mol. The summed E-state index contributed by atoms with van der Waals surface area (Å²) >= 11 is 5.95. The predicted octanol–water partition coefficient (Wildman–Crippen LogP) is 2.18. The summed E-state index contributed by atoms with van der Waals surface area (Å²) in [5.41, 5.74) is 1.28. The first-order valence-corrected chi connectivity index (χ1v) is 5.45. The fourth-order valence-corrected chi connectivity index (χ4v) is 1.64. The number of pyridine rings is 1. The van der Waals surface area contributed by atoms with E-state index in [9.17, 15) is 4.79 Å². The van der Waals surface area contributed by atoms with Gasteiger partial charge in [-0.2, -0.15) is 0 Å². The minimum absolute atomic E-state index is 0.126. The van der Waals surface area contributed by atoms with Gasteiger partial charge in [-0.05, 0) is 31.7 Å². The van der Waals surface area contributed by atoms with Gasteiger partial charge in [0.05, 0.1) is 10.6 Å². The third-order valence-electron chi connectivity index (χ3n) is 2.48. The highest BCUT2D eigenvalue weighted by molar-refractivity contribution is 6.33. The second-order valence-corrected chi connectivity index (χ2v) is 4.37. The van der Waals surface area contributed by atoms with Crippen molar-refractivity contribution in [3.8, 4) is 0 Å². The van der Waals surface area contributed by atoms with E-state index in [1.54, 1.807) is 6.07 Å². The summed E-state index contributed by atoms with van der Waals surface area (Å²) in [4.78, 5) is 15.7. The van der Waals surface area contributed by atoms with Gasteiger partial charge in [0.15, 0.2) is 0 Å². The number of carbonyl (C=O) groups excluding carboxylic acids is 1. The average Bonchev–Trinajstić information content (AvgIpc) is 2.97. The Kier molecular flexibility index (Phi) is 2.91. The normalized spacial score (nSPS) is 15.1. The van der Waals surface area contributed by atoms with Crippen molar-refractivity contribution in [3.63, 3.8) is 0 Å². The van der Waals surface area contributed by atoms with E-state index in [4.69, 9.17) is 11.6 Å². The molecule has 1 aliphatic carbocycles. The molecule has 0 spiro atoms. The Hall–Kier alpha value is -1.09. The van der Waals surface area contributed by atoms with Gasteiger partial charge in [-0.1, -0.05) is 11.6 Å². The maximum absolute atomic E-state index is 11.7. The standard InChI is InChI=1S/C11H13ClN2O/c1-7-4-10(12)9(6-13-7)11(15)14-5-8-2-3-8/h4,6,8H,2-3,5H2,1H3,(H,14,15). The van der Waals surface area contributed by atoms with Gasteiger partial charge in [-0.15, -0.1) is 0 Å². The minimum atomic E-state index is -0.126. The molecule has 0 aromatic carbocycles. The molecule has 2 rings (SSSR count). The molecule has 1 fully saturated rings. The van der Waals surface area contributed by atoms with Crippen LogP contribution in [0.15, 0.2) is 12.3 Å². The summed E-state index contributed by atoms with van der Waals surface area (Å²) in [5.74, 6) is 0.547. The fourth-order valence-electron chi connectivity index (χ4n) is 1.35. The first-order chi connectivity index (χ1) is 7.16. The largest absolute Gasteiger partial charge is 0.352 e. The molecule has 3 nitrogen and oxygen atoms in total. The zero-order valence-corrected chi connectivity index (χ0v) is 9.34. The molecular weight excluding hydrogens is 212 g/mol. The summed E-state index contributed by atoms with van der Waals surface area (Å²) in [6, 6.07) is 1.70. The number of hydrogen-bond acceptors (Lipinski definition) is 2. The predicted molar refractivity (Wildman–Crippen MR) is 59.0 cm³/mol. The number of hydrogen-bond donors (Lipinski definition) is 1. The lowest BCUT2D eigenvalue weighted by Gasteiger charge is -2.05. The van der Waals surface area contributed by atoms with Gasteiger partial charge in [0, 0.05) is 18.4 Å². The molecule has 1 saturated carbocycles. The van der Waals surface area contributed by atoms with E-state index in [1.807, 2.05) is 6.92 Å². The number of nitrogens with zero attached hydrogens (tertiary/aromatic N) is 1. The molecule has 1 aromatic heterocycles. The summed E-state index contributed by atoms with van der Waals surface area (Å²) < 4.78 is 0. The van der Waals surface area contributed by atoms with E-state index < -0.39 is 0 Å². The number of rotatable bonds is 3. The van der Waals surface area contributed by atoms with Gasteiger partial charge in [0.2, 0.25) is 0 Å².